The number of nitrogens with two attached hydrogens (primary N) is 2. The molecular weight excluding hydrogens is 152 g/mol. The molecule has 4 nitrogen and oxygen atoms in total. The summed E-state index contributed by atoms with van der Waals surface area (Å²) in [6.45, 7) is 2.50. The molecule has 0 bridgehead atoms. The van der Waals surface area contributed by atoms with Gasteiger partial charge < -0.3 is 11.5 Å². The summed E-state index contributed by atoms with van der Waals surface area (Å²) in [5, 5.41) is 0. The molecule has 1 aromatic heterocycles. The molecule has 12 heavy (non-hydrogen) atoms. The van der Waals surface area contributed by atoms with E-state index in [-0.39, 0.29) is 5.96 Å². The summed E-state index contributed by atoms with van der Waals surface area (Å²) in [6, 6.07) is 1.93. The Bertz CT molecular complexity index is 289. The number of aromatic nitrogens is 1. The van der Waals surface area contributed by atoms with E-state index in [0.717, 1.165) is 11.1 Å². The normalized spacial score (nSPS) is 9.42. The topological polar surface area (TPSA) is 77.3 Å². The van der Waals surface area contributed by atoms with Gasteiger partial charge in [-0.25, -0.2) is 4.99 Å². The summed E-state index contributed by atoms with van der Waals surface area (Å²) in [5.74, 6) is 0.109. The van der Waals surface area contributed by atoms with Crippen LogP contribution in [0.3, 0.4) is 0 Å². The molecule has 0 aliphatic carbocycles. The van der Waals surface area contributed by atoms with Crippen molar-refractivity contribution in [3.05, 3.63) is 29.6 Å². The van der Waals surface area contributed by atoms with Gasteiger partial charge in [0.25, 0.3) is 0 Å². The zero-order chi connectivity index (χ0) is 8.97. The number of aliphatic imine (C=N–C) groups is 1. The first-order valence-corrected chi connectivity index (χ1v) is 3.65. The Labute approximate surface area is 71.3 Å². The van der Waals surface area contributed by atoms with E-state index < -0.39 is 0 Å². The molecule has 0 aliphatic heterocycles. The van der Waals surface area contributed by atoms with E-state index in [2.05, 4.69) is 9.98 Å². The van der Waals surface area contributed by atoms with Crippen molar-refractivity contribution in [3.63, 3.8) is 0 Å². The number of hydrogen-bond donors (Lipinski definition) is 2. The average molecular weight is 164 g/mol. The second-order valence-corrected chi connectivity index (χ2v) is 2.54. The molecule has 0 atom stereocenters. The number of guanidine groups is 1. The molecule has 0 spiro atoms. The van der Waals surface area contributed by atoms with Gasteiger partial charge in [-0.1, -0.05) is 0 Å². The number of aryl methyl sites for hydroxylation is 1. The van der Waals surface area contributed by atoms with Gasteiger partial charge in [-0.3, -0.25) is 4.98 Å². The van der Waals surface area contributed by atoms with Crippen LogP contribution >= 0.6 is 0 Å². The maximum absolute atomic E-state index is 5.20. The summed E-state index contributed by atoms with van der Waals surface area (Å²) in [5.41, 5.74) is 12.6. The summed E-state index contributed by atoms with van der Waals surface area (Å²) in [7, 11) is 0. The minimum absolute atomic E-state index is 0.109. The van der Waals surface area contributed by atoms with Crippen molar-refractivity contribution in [1.29, 1.82) is 0 Å². The van der Waals surface area contributed by atoms with Crippen LogP contribution in [0.1, 0.15) is 11.1 Å². The number of rotatable bonds is 2. The van der Waals surface area contributed by atoms with Gasteiger partial charge in [0, 0.05) is 12.4 Å². The Morgan fingerprint density at radius 2 is 2.33 bits per heavy atom. The van der Waals surface area contributed by atoms with E-state index in [4.69, 9.17) is 11.5 Å². The fourth-order valence-corrected chi connectivity index (χ4v) is 0.839. The molecule has 0 radical (unpaired) electrons. The van der Waals surface area contributed by atoms with Crippen molar-refractivity contribution >= 4 is 5.96 Å². The molecule has 64 valence electrons. The Balaban J connectivity index is 2.76. The Kier molecular flexibility index (Phi) is 2.63. The highest BCUT2D eigenvalue weighted by Crippen LogP contribution is 2.05. The van der Waals surface area contributed by atoms with Crippen LogP contribution in [0.2, 0.25) is 0 Å². The first-order chi connectivity index (χ1) is 5.70. The quantitative estimate of drug-likeness (QED) is 0.483. The predicted molar refractivity (Wildman–Crippen MR) is 48.5 cm³/mol. The summed E-state index contributed by atoms with van der Waals surface area (Å²) in [4.78, 5) is 7.86. The summed E-state index contributed by atoms with van der Waals surface area (Å²) < 4.78 is 0. The van der Waals surface area contributed by atoms with Gasteiger partial charge in [-0.2, -0.15) is 0 Å². The molecular formula is C8H12N4. The molecule has 0 saturated carbocycles. The molecule has 4 N–H and O–H groups in total. The average Bonchev–Trinajstić information content (AvgIpc) is 2.03. The van der Waals surface area contributed by atoms with Crippen LogP contribution in [-0.4, -0.2) is 10.9 Å². The maximum Gasteiger partial charge on any atom is 0.186 e. The van der Waals surface area contributed by atoms with Crippen LogP contribution in [0.15, 0.2) is 23.5 Å². The largest absolute Gasteiger partial charge is 0.370 e. The smallest absolute Gasteiger partial charge is 0.186 e. The van der Waals surface area contributed by atoms with Crippen molar-refractivity contribution in [2.75, 3.05) is 0 Å². The standard InChI is InChI=1S/C8H12N4/c1-6-2-3-11-4-7(6)5-12-8(9)10/h2-4H,5H2,1H3,(H4,9,10,12). The monoisotopic (exact) mass is 164 g/mol. The predicted octanol–water partition coefficient (Wildman–Crippen LogP) is 0.163. The van der Waals surface area contributed by atoms with Crippen LogP contribution in [0, 0.1) is 6.92 Å². The fourth-order valence-electron chi connectivity index (χ4n) is 0.839. The van der Waals surface area contributed by atoms with Crippen molar-refractivity contribution in [2.45, 2.75) is 13.5 Å². The maximum atomic E-state index is 5.20. The number of pyridine rings is 1. The zero-order valence-corrected chi connectivity index (χ0v) is 6.99. The molecule has 1 heterocycles. The van der Waals surface area contributed by atoms with Crippen molar-refractivity contribution in [1.82, 2.24) is 4.98 Å². The molecule has 1 aromatic rings. The lowest BCUT2D eigenvalue weighted by atomic mass is 10.2. The van der Waals surface area contributed by atoms with Gasteiger partial charge in [0.15, 0.2) is 5.96 Å². The minimum atomic E-state index is 0.109. The molecule has 0 saturated heterocycles. The molecule has 1 rings (SSSR count). The highest BCUT2D eigenvalue weighted by molar-refractivity contribution is 5.75. The van der Waals surface area contributed by atoms with E-state index in [0.29, 0.717) is 6.54 Å². The van der Waals surface area contributed by atoms with Crippen LogP contribution in [0.4, 0.5) is 0 Å². The molecule has 4 heteroatoms. The van der Waals surface area contributed by atoms with Gasteiger partial charge >= 0.3 is 0 Å². The first kappa shape index (κ1) is 8.52. The lowest BCUT2D eigenvalue weighted by Gasteiger charge is -2.00. The third kappa shape index (κ3) is 2.23. The van der Waals surface area contributed by atoms with Crippen molar-refractivity contribution in [3.8, 4) is 0 Å². The lowest BCUT2D eigenvalue weighted by Crippen LogP contribution is -2.22. The highest BCUT2D eigenvalue weighted by atomic mass is 15.0. The van der Waals surface area contributed by atoms with Crippen LogP contribution < -0.4 is 11.5 Å². The second kappa shape index (κ2) is 3.71. The summed E-state index contributed by atoms with van der Waals surface area (Å²) in [6.07, 6.45) is 3.51. The van der Waals surface area contributed by atoms with Gasteiger partial charge in [-0.15, -0.1) is 0 Å². The molecule has 0 fully saturated rings. The van der Waals surface area contributed by atoms with E-state index in [1.54, 1.807) is 12.4 Å². The Hall–Kier alpha value is -1.58. The van der Waals surface area contributed by atoms with Gasteiger partial charge in [0.05, 0.1) is 6.54 Å². The molecule has 0 unspecified atom stereocenters. The van der Waals surface area contributed by atoms with E-state index in [1.165, 1.54) is 0 Å². The Morgan fingerprint density at radius 3 is 2.92 bits per heavy atom. The van der Waals surface area contributed by atoms with Crippen molar-refractivity contribution < 1.29 is 0 Å². The third-order valence-electron chi connectivity index (χ3n) is 1.58. The SMILES string of the molecule is Cc1ccncc1CN=C(N)N. The van der Waals surface area contributed by atoms with Crippen LogP contribution in [0.5, 0.6) is 0 Å². The summed E-state index contributed by atoms with van der Waals surface area (Å²) >= 11 is 0. The number of hydrogen-bond acceptors (Lipinski definition) is 2. The second-order valence-electron chi connectivity index (χ2n) is 2.54. The Morgan fingerprint density at radius 1 is 1.58 bits per heavy atom. The van der Waals surface area contributed by atoms with Crippen LogP contribution in [0.25, 0.3) is 0 Å². The highest BCUT2D eigenvalue weighted by Gasteiger charge is 1.94. The van der Waals surface area contributed by atoms with Gasteiger partial charge in [0.1, 0.15) is 0 Å². The molecule has 0 aromatic carbocycles. The fraction of sp³-hybridized carbons (Fsp3) is 0.250. The van der Waals surface area contributed by atoms with E-state index in [9.17, 15) is 0 Å². The number of nitrogens with zero attached hydrogens (tertiary/aromatic N) is 2. The van der Waals surface area contributed by atoms with Crippen LogP contribution in [-0.2, 0) is 6.54 Å². The van der Waals surface area contributed by atoms with E-state index >= 15 is 0 Å². The zero-order valence-electron chi connectivity index (χ0n) is 6.99. The molecule has 0 aliphatic rings. The van der Waals surface area contributed by atoms with Gasteiger partial charge in [0.2, 0.25) is 0 Å². The lowest BCUT2D eigenvalue weighted by molar-refractivity contribution is 1.01. The molecule has 0 amide bonds. The minimum Gasteiger partial charge on any atom is -0.370 e. The van der Waals surface area contributed by atoms with E-state index in [1.807, 2.05) is 13.0 Å². The van der Waals surface area contributed by atoms with Gasteiger partial charge in [-0.05, 0) is 24.1 Å². The first-order valence-electron chi connectivity index (χ1n) is 3.65. The third-order valence-corrected chi connectivity index (χ3v) is 1.58. The van der Waals surface area contributed by atoms with Crippen molar-refractivity contribution in [2.24, 2.45) is 16.5 Å².